The minimum absolute atomic E-state index is 0.0464. The Morgan fingerprint density at radius 1 is 1.00 bits per heavy atom. The Labute approximate surface area is 249 Å². The monoisotopic (exact) mass is 585 g/mol. The Bertz CT molecular complexity index is 1440. The minimum atomic E-state index is -0.833. The van der Waals surface area contributed by atoms with Gasteiger partial charge in [-0.3, -0.25) is 14.4 Å². The first-order valence-corrected chi connectivity index (χ1v) is 15.2. The van der Waals surface area contributed by atoms with E-state index in [2.05, 4.69) is 10.6 Å². The largest absolute Gasteiger partial charge is 0.497 e. The second-order valence-electron chi connectivity index (χ2n) is 11.2. The molecule has 218 valence electrons. The van der Waals surface area contributed by atoms with Gasteiger partial charge in [-0.1, -0.05) is 60.7 Å². The molecule has 6 atom stereocenters. The number of aliphatic hydroxyl groups excluding tert-OH is 1. The van der Waals surface area contributed by atoms with Crippen LogP contribution in [-0.4, -0.2) is 63.5 Å². The molecule has 3 fully saturated rings. The van der Waals surface area contributed by atoms with Gasteiger partial charge in [0.25, 0.3) is 0 Å². The lowest BCUT2D eigenvalue weighted by Crippen LogP contribution is -2.55. The van der Waals surface area contributed by atoms with E-state index in [-0.39, 0.29) is 29.6 Å². The van der Waals surface area contributed by atoms with Crippen LogP contribution < -0.4 is 15.4 Å². The number of fused-ring (bicyclic) bond motifs is 1. The molecule has 42 heavy (non-hydrogen) atoms. The first-order chi connectivity index (χ1) is 20.4. The lowest BCUT2D eigenvalue weighted by atomic mass is 9.70. The number of thioether (sulfide) groups is 1. The van der Waals surface area contributed by atoms with Crippen molar-refractivity contribution in [2.75, 3.05) is 19.0 Å². The number of hydrogen-bond acceptors (Lipinski definition) is 6. The predicted molar refractivity (Wildman–Crippen MR) is 162 cm³/mol. The van der Waals surface area contributed by atoms with Crippen LogP contribution in [0.2, 0.25) is 0 Å². The number of anilines is 1. The van der Waals surface area contributed by atoms with Crippen LogP contribution >= 0.6 is 11.8 Å². The number of hydrogen-bond donors (Lipinski definition) is 3. The Morgan fingerprint density at radius 3 is 2.31 bits per heavy atom. The summed E-state index contributed by atoms with van der Waals surface area (Å²) in [6, 6.07) is 25.0. The van der Waals surface area contributed by atoms with Gasteiger partial charge in [-0.15, -0.1) is 11.8 Å². The number of carbonyl (C=O) groups excluding carboxylic acids is 3. The molecule has 3 aromatic carbocycles. The number of benzene rings is 3. The van der Waals surface area contributed by atoms with Crippen molar-refractivity contribution in [1.29, 1.82) is 0 Å². The fraction of sp³-hybridized carbons (Fsp3) is 0.364. The number of nitrogens with zero attached hydrogens (tertiary/aromatic N) is 1. The van der Waals surface area contributed by atoms with E-state index < -0.39 is 28.7 Å². The van der Waals surface area contributed by atoms with Crippen LogP contribution in [0.4, 0.5) is 5.69 Å². The summed E-state index contributed by atoms with van der Waals surface area (Å²) in [4.78, 5) is 43.9. The van der Waals surface area contributed by atoms with Gasteiger partial charge >= 0.3 is 0 Å². The van der Waals surface area contributed by atoms with Crippen molar-refractivity contribution in [2.24, 2.45) is 11.8 Å². The molecular formula is C33H35N3O5S. The van der Waals surface area contributed by atoms with Crippen molar-refractivity contribution >= 4 is 35.2 Å². The Morgan fingerprint density at radius 2 is 1.67 bits per heavy atom. The normalized spacial score (nSPS) is 26.5. The van der Waals surface area contributed by atoms with Gasteiger partial charge < -0.3 is 25.4 Å². The second kappa shape index (κ2) is 11.8. The molecule has 6 rings (SSSR count). The summed E-state index contributed by atoms with van der Waals surface area (Å²) in [5.74, 6) is -1.21. The van der Waals surface area contributed by atoms with E-state index in [0.29, 0.717) is 30.8 Å². The lowest BCUT2D eigenvalue weighted by molar-refractivity contribution is -0.142. The first-order valence-electron chi connectivity index (χ1n) is 14.4. The molecule has 1 spiro atoms. The molecule has 2 bridgehead atoms. The average Bonchev–Trinajstić information content (AvgIpc) is 3.67. The highest BCUT2D eigenvalue weighted by Gasteiger charge is 2.74. The van der Waals surface area contributed by atoms with Gasteiger partial charge in [0.05, 0.1) is 36.3 Å². The van der Waals surface area contributed by atoms with Gasteiger partial charge in [0.2, 0.25) is 17.7 Å². The smallest absolute Gasteiger partial charge is 0.248 e. The van der Waals surface area contributed by atoms with E-state index in [0.717, 1.165) is 17.5 Å². The maximum atomic E-state index is 14.4. The van der Waals surface area contributed by atoms with Crippen molar-refractivity contribution in [2.45, 2.75) is 47.9 Å². The van der Waals surface area contributed by atoms with Gasteiger partial charge in [0.1, 0.15) is 11.8 Å². The topological polar surface area (TPSA) is 108 Å². The van der Waals surface area contributed by atoms with Crippen LogP contribution in [0.1, 0.15) is 24.0 Å². The quantitative estimate of drug-likeness (QED) is 0.335. The highest BCUT2D eigenvalue weighted by molar-refractivity contribution is 8.02. The maximum absolute atomic E-state index is 14.4. The van der Waals surface area contributed by atoms with Crippen LogP contribution in [0.5, 0.6) is 5.75 Å². The fourth-order valence-corrected chi connectivity index (χ4v) is 9.21. The highest BCUT2D eigenvalue weighted by Crippen LogP contribution is 2.66. The number of ether oxygens (including phenoxy) is 1. The van der Waals surface area contributed by atoms with E-state index >= 15 is 0 Å². The van der Waals surface area contributed by atoms with E-state index in [1.165, 1.54) is 0 Å². The van der Waals surface area contributed by atoms with Crippen LogP contribution in [0.3, 0.4) is 0 Å². The number of aliphatic hydroxyl groups is 1. The van der Waals surface area contributed by atoms with Gasteiger partial charge in [-0.2, -0.15) is 0 Å². The summed E-state index contributed by atoms with van der Waals surface area (Å²) in [5, 5.41) is 16.6. The number of nitrogens with one attached hydrogen (secondary N) is 2. The van der Waals surface area contributed by atoms with E-state index in [9.17, 15) is 19.5 Å². The third-order valence-corrected chi connectivity index (χ3v) is 10.8. The first kappa shape index (κ1) is 28.3. The SMILES string of the molecule is COc1ccc(NC(=O)C2N([C@@H](CO)Cc3ccccc3)C(=O)[C@@H]3[C@@H](C(=O)NCc4ccccc4)[C@H]4CCC23S4)cc1. The molecule has 0 aromatic heterocycles. The van der Waals surface area contributed by atoms with Crippen molar-refractivity contribution in [3.63, 3.8) is 0 Å². The standard InChI is InChI=1S/C33H35N3O5S/c1-41-25-14-12-23(13-15-25)35-31(39)29-33-17-16-26(42-33)27(30(38)34-19-22-10-6-3-7-11-22)28(33)32(40)36(29)24(20-37)18-21-8-4-2-5-9-21/h2-15,24,26-29,37H,16-20H2,1H3,(H,34,38)(H,35,39)/t24-,26-,27+,28+,29?,33?/m1/s1. The number of amides is 3. The number of likely N-dealkylation sites (tertiary alicyclic amines) is 1. The molecule has 0 radical (unpaired) electrons. The van der Waals surface area contributed by atoms with Gasteiger partial charge in [-0.05, 0) is 54.7 Å². The summed E-state index contributed by atoms with van der Waals surface area (Å²) in [7, 11) is 1.58. The van der Waals surface area contributed by atoms with Crippen molar-refractivity contribution in [3.05, 3.63) is 96.1 Å². The van der Waals surface area contributed by atoms with Crippen LogP contribution in [0.15, 0.2) is 84.9 Å². The molecule has 3 N–H and O–H groups in total. The van der Waals surface area contributed by atoms with Crippen molar-refractivity contribution < 1.29 is 24.2 Å². The van der Waals surface area contributed by atoms with Crippen molar-refractivity contribution in [3.8, 4) is 5.75 Å². The minimum Gasteiger partial charge on any atom is -0.497 e. The molecule has 9 heteroatoms. The predicted octanol–water partition coefficient (Wildman–Crippen LogP) is 3.64. The van der Waals surface area contributed by atoms with Gasteiger partial charge in [0, 0.05) is 17.5 Å². The zero-order valence-corrected chi connectivity index (χ0v) is 24.3. The molecule has 3 saturated heterocycles. The van der Waals surface area contributed by atoms with E-state index in [4.69, 9.17) is 4.74 Å². The average molecular weight is 586 g/mol. The molecule has 0 aliphatic carbocycles. The molecule has 3 heterocycles. The zero-order valence-electron chi connectivity index (χ0n) is 23.4. The van der Waals surface area contributed by atoms with Crippen LogP contribution in [0.25, 0.3) is 0 Å². The van der Waals surface area contributed by atoms with Crippen LogP contribution in [-0.2, 0) is 27.3 Å². The highest BCUT2D eigenvalue weighted by atomic mass is 32.2. The van der Waals surface area contributed by atoms with E-state index in [1.54, 1.807) is 48.0 Å². The van der Waals surface area contributed by atoms with Crippen LogP contribution in [0, 0.1) is 11.8 Å². The maximum Gasteiger partial charge on any atom is 0.248 e. The molecular weight excluding hydrogens is 550 g/mol. The Kier molecular flexibility index (Phi) is 7.96. The Hall–Kier alpha value is -3.82. The molecule has 3 amide bonds. The molecule has 0 saturated carbocycles. The molecule has 3 aliphatic heterocycles. The van der Waals surface area contributed by atoms with E-state index in [1.807, 2.05) is 60.7 Å². The summed E-state index contributed by atoms with van der Waals surface area (Å²) in [5.41, 5.74) is 2.53. The lowest BCUT2D eigenvalue weighted by Gasteiger charge is -2.37. The number of rotatable bonds is 10. The Balaban J connectivity index is 1.32. The van der Waals surface area contributed by atoms with Gasteiger partial charge in [-0.25, -0.2) is 0 Å². The molecule has 3 aromatic rings. The number of methoxy groups -OCH3 is 1. The van der Waals surface area contributed by atoms with Gasteiger partial charge in [0.15, 0.2) is 0 Å². The summed E-state index contributed by atoms with van der Waals surface area (Å²) < 4.78 is 4.50. The summed E-state index contributed by atoms with van der Waals surface area (Å²) >= 11 is 1.62. The second-order valence-corrected chi connectivity index (χ2v) is 12.8. The third-order valence-electron chi connectivity index (χ3n) is 8.87. The zero-order chi connectivity index (χ0) is 29.3. The summed E-state index contributed by atoms with van der Waals surface area (Å²) in [6.45, 7) is 0.0779. The number of carbonyl (C=O) groups is 3. The fourth-order valence-electron chi connectivity index (χ4n) is 7.01. The molecule has 2 unspecified atom stereocenters. The van der Waals surface area contributed by atoms with Crippen molar-refractivity contribution in [1.82, 2.24) is 10.2 Å². The third kappa shape index (κ3) is 5.05. The summed E-state index contributed by atoms with van der Waals surface area (Å²) in [6.07, 6.45) is 1.81. The molecule has 3 aliphatic rings. The molecule has 8 nitrogen and oxygen atoms in total.